The maximum Gasteiger partial charge on any atom is 0.293 e. The molecule has 2 rings (SSSR count). The number of nitro benzene ring substituents is 1. The van der Waals surface area contributed by atoms with Crippen LogP contribution in [0.4, 0.5) is 17.1 Å². The van der Waals surface area contributed by atoms with Crippen molar-refractivity contribution in [3.05, 3.63) is 62.1 Å². The van der Waals surface area contributed by atoms with Crippen molar-refractivity contribution < 1.29 is 4.92 Å². The molecule has 0 unspecified atom stereocenters. The van der Waals surface area contributed by atoms with Gasteiger partial charge in [-0.15, -0.1) is 0 Å². The van der Waals surface area contributed by atoms with Gasteiger partial charge in [0.05, 0.1) is 4.92 Å². The number of para-hydroxylation sites is 1. The van der Waals surface area contributed by atoms with Gasteiger partial charge in [0, 0.05) is 16.2 Å². The molecule has 5 heteroatoms. The van der Waals surface area contributed by atoms with Gasteiger partial charge in [-0.3, -0.25) is 10.1 Å². The first-order chi connectivity index (χ1) is 9.52. The van der Waals surface area contributed by atoms with Gasteiger partial charge in [0.25, 0.3) is 5.69 Å². The highest BCUT2D eigenvalue weighted by molar-refractivity contribution is 9.10. The fourth-order valence-electron chi connectivity index (χ4n) is 2.10. The lowest BCUT2D eigenvalue weighted by atomic mass is 10.1. The second kappa shape index (κ2) is 6.05. The second-order valence-corrected chi connectivity index (χ2v) is 5.42. The lowest BCUT2D eigenvalue weighted by molar-refractivity contribution is -0.384. The molecule has 20 heavy (non-hydrogen) atoms. The summed E-state index contributed by atoms with van der Waals surface area (Å²) in [6.07, 6.45) is 0.869. The predicted molar refractivity (Wildman–Crippen MR) is 84.6 cm³/mol. The minimum atomic E-state index is -0.378. The Morgan fingerprint density at radius 3 is 2.70 bits per heavy atom. The Labute approximate surface area is 126 Å². The average Bonchev–Trinajstić information content (AvgIpc) is 2.42. The zero-order chi connectivity index (χ0) is 14.7. The van der Waals surface area contributed by atoms with Crippen LogP contribution in [0.25, 0.3) is 0 Å². The van der Waals surface area contributed by atoms with Gasteiger partial charge in [-0.2, -0.15) is 0 Å². The van der Waals surface area contributed by atoms with Gasteiger partial charge in [-0.05, 0) is 36.6 Å². The summed E-state index contributed by atoms with van der Waals surface area (Å²) in [4.78, 5) is 10.8. The van der Waals surface area contributed by atoms with E-state index in [0.717, 1.165) is 23.2 Å². The van der Waals surface area contributed by atoms with Crippen molar-refractivity contribution in [2.75, 3.05) is 5.32 Å². The van der Waals surface area contributed by atoms with E-state index in [0.29, 0.717) is 10.2 Å². The summed E-state index contributed by atoms with van der Waals surface area (Å²) in [5.74, 6) is 0. The molecular formula is C15H15BrN2O2. The van der Waals surface area contributed by atoms with Crippen LogP contribution in [0.1, 0.15) is 18.1 Å². The summed E-state index contributed by atoms with van der Waals surface area (Å²) in [6.45, 7) is 4.06. The predicted octanol–water partition coefficient (Wildman–Crippen LogP) is 4.97. The maximum absolute atomic E-state index is 11.1. The number of hydrogen-bond donors (Lipinski definition) is 1. The Bertz CT molecular complexity index is 656. The van der Waals surface area contributed by atoms with Crippen LogP contribution in [-0.2, 0) is 6.42 Å². The van der Waals surface area contributed by atoms with Gasteiger partial charge in [-0.25, -0.2) is 0 Å². The van der Waals surface area contributed by atoms with Crippen LogP contribution in [0.15, 0.2) is 40.9 Å². The molecule has 0 amide bonds. The van der Waals surface area contributed by atoms with Gasteiger partial charge in [0.1, 0.15) is 5.69 Å². The molecule has 0 radical (unpaired) electrons. The molecule has 0 aliphatic heterocycles. The molecule has 0 spiro atoms. The topological polar surface area (TPSA) is 55.2 Å². The van der Waals surface area contributed by atoms with Gasteiger partial charge in [0.15, 0.2) is 0 Å². The van der Waals surface area contributed by atoms with Crippen molar-refractivity contribution in [3.63, 3.8) is 0 Å². The number of rotatable bonds is 4. The van der Waals surface area contributed by atoms with E-state index in [1.807, 2.05) is 25.1 Å². The minimum Gasteiger partial charge on any atom is -0.349 e. The number of nitrogens with zero attached hydrogens (tertiary/aromatic N) is 1. The van der Waals surface area contributed by atoms with E-state index in [1.54, 1.807) is 12.1 Å². The van der Waals surface area contributed by atoms with Gasteiger partial charge >= 0.3 is 0 Å². The molecule has 2 aromatic rings. The lowest BCUT2D eigenvalue weighted by Gasteiger charge is -2.14. The number of anilines is 2. The highest BCUT2D eigenvalue weighted by atomic mass is 79.9. The number of hydrogen-bond acceptors (Lipinski definition) is 3. The zero-order valence-corrected chi connectivity index (χ0v) is 12.9. The summed E-state index contributed by atoms with van der Waals surface area (Å²) < 4.78 is 0.690. The highest BCUT2D eigenvalue weighted by Crippen LogP contribution is 2.33. The normalized spacial score (nSPS) is 10.3. The Balaban J connectivity index is 2.48. The molecule has 0 fully saturated rings. The van der Waals surface area contributed by atoms with Crippen LogP contribution < -0.4 is 5.32 Å². The maximum atomic E-state index is 11.1. The van der Waals surface area contributed by atoms with Gasteiger partial charge in [-0.1, -0.05) is 41.1 Å². The van der Waals surface area contributed by atoms with Crippen molar-refractivity contribution in [3.8, 4) is 0 Å². The molecule has 0 heterocycles. The molecule has 4 nitrogen and oxygen atoms in total. The first kappa shape index (κ1) is 14.5. The van der Waals surface area contributed by atoms with Crippen LogP contribution in [0.3, 0.4) is 0 Å². The molecule has 0 saturated heterocycles. The van der Waals surface area contributed by atoms with Gasteiger partial charge in [0.2, 0.25) is 0 Å². The van der Waals surface area contributed by atoms with Crippen LogP contribution in [0.2, 0.25) is 0 Å². The van der Waals surface area contributed by atoms with E-state index in [4.69, 9.17) is 0 Å². The molecule has 0 atom stereocenters. The zero-order valence-electron chi connectivity index (χ0n) is 11.3. The van der Waals surface area contributed by atoms with Crippen LogP contribution in [0.5, 0.6) is 0 Å². The van der Waals surface area contributed by atoms with Crippen LogP contribution in [0, 0.1) is 17.0 Å². The highest BCUT2D eigenvalue weighted by Gasteiger charge is 2.15. The fraction of sp³-hybridized carbons (Fsp3) is 0.200. The molecule has 0 aromatic heterocycles. The standard InChI is InChI=1S/C15H15BrN2O2/c1-3-11-6-4-5-10(2)15(11)17-13-8-7-12(16)9-14(13)18(19)20/h4-9,17H,3H2,1-2H3. The van der Waals surface area contributed by atoms with E-state index in [-0.39, 0.29) is 10.6 Å². The number of benzene rings is 2. The SMILES string of the molecule is CCc1cccc(C)c1Nc1ccc(Br)cc1[N+](=O)[O-]. The third-order valence-corrected chi connectivity index (χ3v) is 3.65. The largest absolute Gasteiger partial charge is 0.349 e. The molecule has 0 aliphatic carbocycles. The van der Waals surface area contributed by atoms with Crippen molar-refractivity contribution in [2.45, 2.75) is 20.3 Å². The number of halogens is 1. The molecule has 0 bridgehead atoms. The molecule has 1 N–H and O–H groups in total. The van der Waals surface area contributed by atoms with Crippen molar-refractivity contribution >= 4 is 33.0 Å². The number of nitrogens with one attached hydrogen (secondary N) is 1. The fourth-order valence-corrected chi connectivity index (χ4v) is 2.45. The molecule has 104 valence electrons. The van der Waals surface area contributed by atoms with E-state index in [9.17, 15) is 10.1 Å². The molecule has 0 saturated carbocycles. The van der Waals surface area contributed by atoms with E-state index >= 15 is 0 Å². The Hall–Kier alpha value is -1.88. The number of aryl methyl sites for hydroxylation is 2. The van der Waals surface area contributed by atoms with Gasteiger partial charge < -0.3 is 5.32 Å². The third kappa shape index (κ3) is 2.99. The van der Waals surface area contributed by atoms with E-state index < -0.39 is 0 Å². The third-order valence-electron chi connectivity index (χ3n) is 3.16. The Morgan fingerprint density at radius 2 is 2.05 bits per heavy atom. The summed E-state index contributed by atoms with van der Waals surface area (Å²) in [7, 11) is 0. The molecule has 0 aliphatic rings. The van der Waals surface area contributed by atoms with Crippen molar-refractivity contribution in [1.82, 2.24) is 0 Å². The van der Waals surface area contributed by atoms with E-state index in [2.05, 4.69) is 28.2 Å². The molecular weight excluding hydrogens is 320 g/mol. The van der Waals surface area contributed by atoms with Crippen LogP contribution in [-0.4, -0.2) is 4.92 Å². The number of nitro groups is 1. The Kier molecular flexibility index (Phi) is 4.39. The summed E-state index contributed by atoms with van der Waals surface area (Å²) in [5.41, 5.74) is 3.72. The van der Waals surface area contributed by atoms with Crippen molar-refractivity contribution in [1.29, 1.82) is 0 Å². The van der Waals surface area contributed by atoms with E-state index in [1.165, 1.54) is 6.07 Å². The minimum absolute atomic E-state index is 0.0599. The average molecular weight is 335 g/mol. The summed E-state index contributed by atoms with van der Waals surface area (Å²) in [6, 6.07) is 11.0. The summed E-state index contributed by atoms with van der Waals surface area (Å²) in [5, 5.41) is 14.4. The smallest absolute Gasteiger partial charge is 0.293 e. The van der Waals surface area contributed by atoms with Crippen molar-refractivity contribution in [2.24, 2.45) is 0 Å². The lowest BCUT2D eigenvalue weighted by Crippen LogP contribution is -2.01. The first-order valence-corrected chi connectivity index (χ1v) is 7.11. The Morgan fingerprint density at radius 1 is 1.30 bits per heavy atom. The quantitative estimate of drug-likeness (QED) is 0.634. The second-order valence-electron chi connectivity index (χ2n) is 4.51. The molecule has 2 aromatic carbocycles. The summed E-state index contributed by atoms with van der Waals surface area (Å²) >= 11 is 3.26. The first-order valence-electron chi connectivity index (χ1n) is 6.32. The monoisotopic (exact) mass is 334 g/mol. The van der Waals surface area contributed by atoms with Crippen LogP contribution >= 0.6 is 15.9 Å².